The topological polar surface area (TPSA) is 52.7 Å². The van der Waals surface area contributed by atoms with Crippen molar-refractivity contribution in [3.8, 4) is 0 Å². The van der Waals surface area contributed by atoms with Crippen LogP contribution in [0.5, 0.6) is 0 Å². The second-order valence-corrected chi connectivity index (χ2v) is 7.86. The van der Waals surface area contributed by atoms with E-state index >= 15 is 0 Å². The summed E-state index contributed by atoms with van der Waals surface area (Å²) >= 11 is 0. The van der Waals surface area contributed by atoms with Crippen molar-refractivity contribution in [3.63, 3.8) is 0 Å². The lowest BCUT2D eigenvalue weighted by molar-refractivity contribution is -0.131. The maximum atomic E-state index is 12.5. The molecule has 0 bridgehead atoms. The van der Waals surface area contributed by atoms with Gasteiger partial charge in [0.05, 0.1) is 0 Å². The molecule has 0 radical (unpaired) electrons. The molecule has 1 saturated heterocycles. The van der Waals surface area contributed by atoms with E-state index in [1.54, 1.807) is 0 Å². The van der Waals surface area contributed by atoms with Crippen LogP contribution in [0.4, 0.5) is 10.5 Å². The summed E-state index contributed by atoms with van der Waals surface area (Å²) in [6.07, 6.45) is 2.35. The van der Waals surface area contributed by atoms with Crippen molar-refractivity contribution in [2.75, 3.05) is 31.5 Å². The second kappa shape index (κ2) is 9.60. The van der Waals surface area contributed by atoms with Gasteiger partial charge in [0.1, 0.15) is 0 Å². The van der Waals surface area contributed by atoms with Gasteiger partial charge in [0.15, 0.2) is 0 Å². The highest BCUT2D eigenvalue weighted by atomic mass is 16.2. The first-order valence-corrected chi connectivity index (χ1v) is 9.80. The zero-order valence-corrected chi connectivity index (χ0v) is 16.6. The Morgan fingerprint density at radius 3 is 2.19 bits per heavy atom. The predicted octanol–water partition coefficient (Wildman–Crippen LogP) is 4.31. The van der Waals surface area contributed by atoms with E-state index in [2.05, 4.69) is 45.1 Å². The minimum Gasteiger partial charge on any atom is -0.341 e. The highest BCUT2D eigenvalue weighted by Crippen LogP contribution is 2.18. The van der Waals surface area contributed by atoms with Crippen LogP contribution in [0.1, 0.15) is 58.4 Å². The first-order chi connectivity index (χ1) is 12.4. The van der Waals surface area contributed by atoms with Gasteiger partial charge in [-0.3, -0.25) is 4.79 Å². The van der Waals surface area contributed by atoms with E-state index in [0.29, 0.717) is 37.9 Å². The molecule has 0 atom stereocenters. The molecule has 0 aliphatic carbocycles. The molecule has 144 valence electrons. The number of benzene rings is 1. The van der Waals surface area contributed by atoms with Crippen LogP contribution >= 0.6 is 0 Å². The van der Waals surface area contributed by atoms with Gasteiger partial charge < -0.3 is 15.1 Å². The molecule has 1 fully saturated rings. The van der Waals surface area contributed by atoms with E-state index in [1.807, 2.05) is 21.9 Å². The number of carbonyl (C=O) groups excluding carboxylic acids is 2. The zero-order valence-electron chi connectivity index (χ0n) is 16.6. The fourth-order valence-electron chi connectivity index (χ4n) is 3.09. The molecule has 0 spiro atoms. The van der Waals surface area contributed by atoms with Gasteiger partial charge in [0.2, 0.25) is 5.91 Å². The highest BCUT2D eigenvalue weighted by Gasteiger charge is 2.22. The van der Waals surface area contributed by atoms with Crippen molar-refractivity contribution in [1.82, 2.24) is 9.80 Å². The Balaban J connectivity index is 1.85. The molecule has 5 heteroatoms. The minimum atomic E-state index is -0.0845. The molecule has 1 heterocycles. The minimum absolute atomic E-state index is 0.0845. The maximum Gasteiger partial charge on any atom is 0.321 e. The molecule has 0 saturated carbocycles. The van der Waals surface area contributed by atoms with Crippen LogP contribution in [-0.2, 0) is 4.79 Å². The molecule has 5 nitrogen and oxygen atoms in total. The number of urea groups is 1. The van der Waals surface area contributed by atoms with Gasteiger partial charge in [-0.05, 0) is 42.4 Å². The highest BCUT2D eigenvalue weighted by molar-refractivity contribution is 5.89. The Labute approximate surface area is 157 Å². The lowest BCUT2D eigenvalue weighted by atomic mass is 10.0. The lowest BCUT2D eigenvalue weighted by Gasteiger charge is -2.23. The number of nitrogens with zero attached hydrogens (tertiary/aromatic N) is 2. The van der Waals surface area contributed by atoms with Gasteiger partial charge in [0, 0.05) is 38.3 Å². The normalized spacial score (nSPS) is 15.3. The third kappa shape index (κ3) is 6.04. The quantitative estimate of drug-likeness (QED) is 0.851. The first-order valence-electron chi connectivity index (χ1n) is 9.80. The van der Waals surface area contributed by atoms with Crippen LogP contribution in [0.25, 0.3) is 0 Å². The number of amides is 3. The summed E-state index contributed by atoms with van der Waals surface area (Å²) in [7, 11) is 0. The van der Waals surface area contributed by atoms with E-state index < -0.39 is 0 Å². The predicted molar refractivity (Wildman–Crippen MR) is 106 cm³/mol. The fourth-order valence-corrected chi connectivity index (χ4v) is 3.09. The number of rotatable bonds is 5. The van der Waals surface area contributed by atoms with Crippen LogP contribution < -0.4 is 5.32 Å². The Morgan fingerprint density at radius 2 is 1.58 bits per heavy atom. The molecule has 0 unspecified atom stereocenters. The van der Waals surface area contributed by atoms with Crippen molar-refractivity contribution in [3.05, 3.63) is 29.8 Å². The molecule has 3 amide bonds. The monoisotopic (exact) mass is 359 g/mol. The van der Waals surface area contributed by atoms with Crippen molar-refractivity contribution < 1.29 is 9.59 Å². The molecule has 1 N–H and O–H groups in total. The van der Waals surface area contributed by atoms with E-state index in [0.717, 1.165) is 25.1 Å². The largest absolute Gasteiger partial charge is 0.341 e. The SMILES string of the molecule is CC(C)CCC(=O)N1CCCN(C(=O)Nc2ccc(C(C)C)cc2)CC1. The number of hydrogen-bond donors (Lipinski definition) is 1. The van der Waals surface area contributed by atoms with Gasteiger partial charge in [-0.25, -0.2) is 4.79 Å². The zero-order chi connectivity index (χ0) is 19.1. The van der Waals surface area contributed by atoms with Gasteiger partial charge in [0.25, 0.3) is 0 Å². The van der Waals surface area contributed by atoms with Crippen LogP contribution in [0, 0.1) is 5.92 Å². The lowest BCUT2D eigenvalue weighted by Crippen LogP contribution is -2.39. The van der Waals surface area contributed by atoms with Gasteiger partial charge in [-0.1, -0.05) is 39.8 Å². The summed E-state index contributed by atoms with van der Waals surface area (Å²) < 4.78 is 0. The Morgan fingerprint density at radius 1 is 0.962 bits per heavy atom. The van der Waals surface area contributed by atoms with Crippen LogP contribution in [-0.4, -0.2) is 47.9 Å². The van der Waals surface area contributed by atoms with Gasteiger partial charge in [-0.2, -0.15) is 0 Å². The maximum absolute atomic E-state index is 12.5. The van der Waals surface area contributed by atoms with Crippen molar-refractivity contribution in [1.29, 1.82) is 0 Å². The summed E-state index contributed by atoms with van der Waals surface area (Å²) in [6, 6.07) is 7.92. The van der Waals surface area contributed by atoms with E-state index in [1.165, 1.54) is 5.56 Å². The molecule has 1 aliphatic rings. The number of nitrogens with one attached hydrogen (secondary N) is 1. The molecule has 1 aromatic rings. The van der Waals surface area contributed by atoms with Gasteiger partial charge >= 0.3 is 6.03 Å². The van der Waals surface area contributed by atoms with E-state index in [4.69, 9.17) is 0 Å². The smallest absolute Gasteiger partial charge is 0.321 e. The van der Waals surface area contributed by atoms with Crippen LogP contribution in [0.15, 0.2) is 24.3 Å². The number of anilines is 1. The van der Waals surface area contributed by atoms with E-state index in [-0.39, 0.29) is 11.9 Å². The summed E-state index contributed by atoms with van der Waals surface area (Å²) in [5, 5.41) is 2.97. The molecule has 0 aromatic heterocycles. The van der Waals surface area contributed by atoms with E-state index in [9.17, 15) is 9.59 Å². The Hall–Kier alpha value is -2.04. The van der Waals surface area contributed by atoms with Crippen LogP contribution in [0.3, 0.4) is 0 Å². The molecular weight excluding hydrogens is 326 g/mol. The van der Waals surface area contributed by atoms with Crippen LogP contribution in [0.2, 0.25) is 0 Å². The Bertz CT molecular complexity index is 596. The first kappa shape index (κ1) is 20.3. The second-order valence-electron chi connectivity index (χ2n) is 7.86. The molecule has 1 aromatic carbocycles. The fraction of sp³-hybridized carbons (Fsp3) is 0.619. The standard InChI is InChI=1S/C21H33N3O2/c1-16(2)6-11-20(25)23-12-5-13-24(15-14-23)21(26)22-19-9-7-18(8-10-19)17(3)4/h7-10,16-17H,5-6,11-15H2,1-4H3,(H,22,26). The number of carbonyl (C=O) groups is 2. The average molecular weight is 360 g/mol. The third-order valence-corrected chi connectivity index (χ3v) is 4.90. The van der Waals surface area contributed by atoms with Crippen molar-refractivity contribution in [2.24, 2.45) is 5.92 Å². The molecular formula is C21H33N3O2. The number of hydrogen-bond acceptors (Lipinski definition) is 2. The third-order valence-electron chi connectivity index (χ3n) is 4.90. The van der Waals surface area contributed by atoms with Crippen molar-refractivity contribution >= 4 is 17.6 Å². The van der Waals surface area contributed by atoms with Gasteiger partial charge in [-0.15, -0.1) is 0 Å². The molecule has 2 rings (SSSR count). The summed E-state index contributed by atoms with van der Waals surface area (Å²) in [6.45, 7) is 11.2. The summed E-state index contributed by atoms with van der Waals surface area (Å²) in [4.78, 5) is 28.6. The summed E-state index contributed by atoms with van der Waals surface area (Å²) in [5.41, 5.74) is 2.07. The summed E-state index contributed by atoms with van der Waals surface area (Å²) in [5.74, 6) is 1.23. The Kier molecular flexibility index (Phi) is 7.49. The molecule has 1 aliphatic heterocycles. The molecule has 26 heavy (non-hydrogen) atoms. The van der Waals surface area contributed by atoms with Crippen molar-refractivity contribution in [2.45, 2.75) is 52.9 Å². The average Bonchev–Trinajstić information content (AvgIpc) is 2.86.